The fourth-order valence-corrected chi connectivity index (χ4v) is 2.84. The predicted octanol–water partition coefficient (Wildman–Crippen LogP) is 1.16. The van der Waals surface area contributed by atoms with Crippen LogP contribution >= 0.6 is 0 Å². The second-order valence-corrected chi connectivity index (χ2v) is 4.17. The molecule has 2 heteroatoms. The van der Waals surface area contributed by atoms with Gasteiger partial charge in [-0.1, -0.05) is 13.8 Å². The van der Waals surface area contributed by atoms with Crippen molar-refractivity contribution in [3.05, 3.63) is 0 Å². The van der Waals surface area contributed by atoms with Crippen molar-refractivity contribution < 1.29 is 4.21 Å². The lowest BCUT2D eigenvalue weighted by atomic mass is 10.1. The van der Waals surface area contributed by atoms with Crippen LogP contribution in [0, 0.1) is 5.92 Å². The Hall–Kier alpha value is 0.150. The van der Waals surface area contributed by atoms with Crippen LogP contribution in [0.25, 0.3) is 0 Å². The van der Waals surface area contributed by atoms with E-state index in [2.05, 4.69) is 13.8 Å². The van der Waals surface area contributed by atoms with Crippen LogP contribution in [0.5, 0.6) is 0 Å². The third-order valence-electron chi connectivity index (χ3n) is 1.80. The minimum atomic E-state index is -0.460. The summed E-state index contributed by atoms with van der Waals surface area (Å²) in [6.07, 6.45) is 1.09. The number of hydrogen-bond acceptors (Lipinski definition) is 1. The van der Waals surface area contributed by atoms with Crippen molar-refractivity contribution in [1.82, 2.24) is 0 Å². The maximum Gasteiger partial charge on any atom is 0.0379 e. The first-order valence-corrected chi connectivity index (χ1v) is 4.51. The number of rotatable bonds is 1. The van der Waals surface area contributed by atoms with E-state index in [-0.39, 0.29) is 0 Å². The van der Waals surface area contributed by atoms with Crippen LogP contribution in [0.3, 0.4) is 0 Å². The lowest BCUT2D eigenvalue weighted by Gasteiger charge is -2.31. The second-order valence-electron chi connectivity index (χ2n) is 2.47. The van der Waals surface area contributed by atoms with Crippen LogP contribution in [0.1, 0.15) is 20.3 Å². The van der Waals surface area contributed by atoms with Crippen LogP contribution in [0.4, 0.5) is 0 Å². The molecule has 8 heavy (non-hydrogen) atoms. The molecular weight excluding hydrogens is 120 g/mol. The summed E-state index contributed by atoms with van der Waals surface area (Å²) in [5.74, 6) is 1.67. The first-order chi connectivity index (χ1) is 3.75. The Balaban J connectivity index is 2.40. The Bertz CT molecular complexity index is 111. The monoisotopic (exact) mass is 132 g/mol. The molecule has 1 aliphatic rings. The van der Waals surface area contributed by atoms with Crippen molar-refractivity contribution >= 4 is 10.8 Å². The Kier molecular flexibility index (Phi) is 1.71. The molecule has 48 valence electrons. The molecule has 1 saturated heterocycles. The molecular formula is C6H12OS. The smallest absolute Gasteiger partial charge is 0.0379 e. The summed E-state index contributed by atoms with van der Waals surface area (Å²) in [6, 6.07) is 0. The van der Waals surface area contributed by atoms with Crippen molar-refractivity contribution in [2.45, 2.75) is 25.5 Å². The summed E-state index contributed by atoms with van der Waals surface area (Å²) < 4.78 is 10.8. The van der Waals surface area contributed by atoms with E-state index in [0.29, 0.717) is 5.25 Å². The van der Waals surface area contributed by atoms with Crippen molar-refractivity contribution in [2.24, 2.45) is 5.92 Å². The molecule has 0 aromatic heterocycles. The molecule has 0 radical (unpaired) electrons. The van der Waals surface area contributed by atoms with Gasteiger partial charge in [0, 0.05) is 21.8 Å². The lowest BCUT2D eigenvalue weighted by Crippen LogP contribution is -2.39. The third-order valence-corrected chi connectivity index (χ3v) is 4.13. The molecule has 1 fully saturated rings. The molecule has 0 bridgehead atoms. The highest BCUT2D eigenvalue weighted by atomic mass is 32.2. The van der Waals surface area contributed by atoms with E-state index in [1.165, 1.54) is 0 Å². The second kappa shape index (κ2) is 2.18. The predicted molar refractivity (Wildman–Crippen MR) is 36.3 cm³/mol. The molecule has 1 heterocycles. The molecule has 0 aliphatic carbocycles. The maximum absolute atomic E-state index is 10.8. The molecule has 0 amide bonds. The van der Waals surface area contributed by atoms with Gasteiger partial charge in [0.15, 0.2) is 0 Å². The molecule has 0 spiro atoms. The van der Waals surface area contributed by atoms with Gasteiger partial charge >= 0.3 is 0 Å². The van der Waals surface area contributed by atoms with E-state index in [1.807, 2.05) is 0 Å². The van der Waals surface area contributed by atoms with E-state index in [9.17, 15) is 4.21 Å². The molecule has 3 unspecified atom stereocenters. The van der Waals surface area contributed by atoms with Gasteiger partial charge in [0.1, 0.15) is 0 Å². The zero-order valence-electron chi connectivity index (χ0n) is 5.39. The minimum Gasteiger partial charge on any atom is -0.259 e. The Morgan fingerprint density at radius 2 is 2.38 bits per heavy atom. The third kappa shape index (κ3) is 0.815. The zero-order valence-corrected chi connectivity index (χ0v) is 6.20. The minimum absolute atomic E-state index is 0.460. The Morgan fingerprint density at radius 1 is 1.75 bits per heavy atom. The highest BCUT2D eigenvalue weighted by Crippen LogP contribution is 2.25. The van der Waals surface area contributed by atoms with E-state index in [0.717, 1.165) is 18.1 Å². The lowest BCUT2D eigenvalue weighted by molar-refractivity contribution is 0.519. The standard InChI is InChI=1S/C6H12OS/c1-3-6-5(2)4-8(6)7/h5-6H,3-4H2,1-2H3. The molecule has 0 N–H and O–H groups in total. The van der Waals surface area contributed by atoms with Gasteiger partial charge in [-0.2, -0.15) is 0 Å². The zero-order chi connectivity index (χ0) is 6.15. The van der Waals surface area contributed by atoms with Crippen LogP contribution in [-0.4, -0.2) is 15.2 Å². The molecule has 1 rings (SSSR count). The summed E-state index contributed by atoms with van der Waals surface area (Å²) >= 11 is 0. The average Bonchev–Trinajstić information content (AvgIpc) is 1.67. The molecule has 0 aromatic carbocycles. The van der Waals surface area contributed by atoms with Gasteiger partial charge in [0.25, 0.3) is 0 Å². The number of hydrogen-bond donors (Lipinski definition) is 0. The van der Waals surface area contributed by atoms with Gasteiger partial charge in [-0.3, -0.25) is 4.21 Å². The van der Waals surface area contributed by atoms with Crippen molar-refractivity contribution in [3.63, 3.8) is 0 Å². The van der Waals surface area contributed by atoms with Crippen LogP contribution < -0.4 is 0 Å². The van der Waals surface area contributed by atoms with Gasteiger partial charge < -0.3 is 0 Å². The van der Waals surface area contributed by atoms with Crippen molar-refractivity contribution in [3.8, 4) is 0 Å². The molecule has 0 aromatic rings. The average molecular weight is 132 g/mol. The van der Waals surface area contributed by atoms with Crippen molar-refractivity contribution in [2.75, 3.05) is 5.75 Å². The largest absolute Gasteiger partial charge is 0.259 e. The van der Waals surface area contributed by atoms with E-state index in [1.54, 1.807) is 0 Å². The summed E-state index contributed by atoms with van der Waals surface area (Å²) in [6.45, 7) is 4.29. The molecule has 1 nitrogen and oxygen atoms in total. The summed E-state index contributed by atoms with van der Waals surface area (Å²) in [5, 5.41) is 0.523. The highest BCUT2D eigenvalue weighted by molar-refractivity contribution is 7.87. The fraction of sp³-hybridized carbons (Fsp3) is 1.00. The summed E-state index contributed by atoms with van der Waals surface area (Å²) in [4.78, 5) is 0. The summed E-state index contributed by atoms with van der Waals surface area (Å²) in [7, 11) is -0.460. The van der Waals surface area contributed by atoms with Gasteiger partial charge in [-0.25, -0.2) is 0 Å². The maximum atomic E-state index is 10.8. The summed E-state index contributed by atoms with van der Waals surface area (Å²) in [5.41, 5.74) is 0. The van der Waals surface area contributed by atoms with Crippen LogP contribution in [0.2, 0.25) is 0 Å². The first kappa shape index (κ1) is 6.27. The van der Waals surface area contributed by atoms with Gasteiger partial charge in [0.05, 0.1) is 0 Å². The van der Waals surface area contributed by atoms with E-state index >= 15 is 0 Å². The Morgan fingerprint density at radius 3 is 2.50 bits per heavy atom. The normalized spacial score (nSPS) is 46.0. The molecule has 1 aliphatic heterocycles. The van der Waals surface area contributed by atoms with Crippen LogP contribution in [-0.2, 0) is 10.8 Å². The highest BCUT2D eigenvalue weighted by Gasteiger charge is 2.32. The first-order valence-electron chi connectivity index (χ1n) is 3.13. The fourth-order valence-electron chi connectivity index (χ4n) is 1.22. The quantitative estimate of drug-likeness (QED) is 0.523. The van der Waals surface area contributed by atoms with Crippen molar-refractivity contribution in [1.29, 1.82) is 0 Å². The van der Waals surface area contributed by atoms with E-state index < -0.39 is 10.8 Å². The molecule has 3 atom stereocenters. The molecule has 0 saturated carbocycles. The van der Waals surface area contributed by atoms with Crippen LogP contribution in [0.15, 0.2) is 0 Å². The van der Waals surface area contributed by atoms with Gasteiger partial charge in [-0.05, 0) is 12.3 Å². The van der Waals surface area contributed by atoms with Gasteiger partial charge in [0.2, 0.25) is 0 Å². The SMILES string of the molecule is CCC1C(C)CS1=O. The Labute approximate surface area is 52.9 Å². The topological polar surface area (TPSA) is 17.1 Å². The van der Waals surface area contributed by atoms with E-state index in [4.69, 9.17) is 0 Å². The van der Waals surface area contributed by atoms with Gasteiger partial charge in [-0.15, -0.1) is 0 Å².